The number of amides is 1. The van der Waals surface area contributed by atoms with Gasteiger partial charge in [0.2, 0.25) is 0 Å². The second-order valence-corrected chi connectivity index (χ2v) is 4.30. The number of rotatable bonds is 2. The topological polar surface area (TPSA) is 68.0 Å². The monoisotopic (exact) mass is 223 g/mol. The maximum atomic E-state index is 13.5. The molecule has 1 aliphatic carbocycles. The van der Waals surface area contributed by atoms with Crippen molar-refractivity contribution in [3.8, 4) is 0 Å². The molecule has 1 aliphatic rings. The molecule has 0 aromatic carbocycles. The molecule has 1 fully saturated rings. The van der Waals surface area contributed by atoms with Crippen LogP contribution in [-0.2, 0) is 0 Å². The van der Waals surface area contributed by atoms with Gasteiger partial charge in [0.25, 0.3) is 5.91 Å². The summed E-state index contributed by atoms with van der Waals surface area (Å²) < 4.78 is 13.5. The van der Waals surface area contributed by atoms with Gasteiger partial charge in [-0.25, -0.2) is 9.37 Å². The number of pyridine rings is 1. The average molecular weight is 223 g/mol. The zero-order valence-corrected chi connectivity index (χ0v) is 9.03. The van der Waals surface area contributed by atoms with Crippen LogP contribution in [0.25, 0.3) is 0 Å². The quantitative estimate of drug-likeness (QED) is 0.794. The molecule has 1 aromatic rings. The second kappa shape index (κ2) is 4.08. The van der Waals surface area contributed by atoms with Crippen molar-refractivity contribution >= 4 is 11.7 Å². The van der Waals surface area contributed by atoms with Gasteiger partial charge in [0.15, 0.2) is 11.6 Å². The van der Waals surface area contributed by atoms with E-state index >= 15 is 0 Å². The Bertz CT molecular complexity index is 416. The highest BCUT2D eigenvalue weighted by atomic mass is 19.1. The van der Waals surface area contributed by atoms with Crippen LogP contribution in [0, 0.1) is 11.7 Å². The number of nitrogens with zero attached hydrogens (tertiary/aromatic N) is 1. The Kier molecular flexibility index (Phi) is 2.77. The fraction of sp³-hybridized carbons (Fsp3) is 0.455. The van der Waals surface area contributed by atoms with Crippen molar-refractivity contribution in [1.82, 2.24) is 10.3 Å². The maximum absolute atomic E-state index is 13.5. The number of nitrogens with one attached hydrogen (secondary N) is 1. The SMILES string of the molecule is CC1CC(NC(=O)c2ccnc(N)c2F)C1. The maximum Gasteiger partial charge on any atom is 0.254 e. The summed E-state index contributed by atoms with van der Waals surface area (Å²) in [6.45, 7) is 2.12. The summed E-state index contributed by atoms with van der Waals surface area (Å²) >= 11 is 0. The summed E-state index contributed by atoms with van der Waals surface area (Å²) in [7, 11) is 0. The molecule has 1 saturated carbocycles. The minimum absolute atomic E-state index is 0.0351. The third kappa shape index (κ3) is 1.98. The second-order valence-electron chi connectivity index (χ2n) is 4.30. The van der Waals surface area contributed by atoms with Gasteiger partial charge >= 0.3 is 0 Å². The fourth-order valence-electron chi connectivity index (χ4n) is 1.92. The smallest absolute Gasteiger partial charge is 0.254 e. The molecule has 0 radical (unpaired) electrons. The normalized spacial score (nSPS) is 23.6. The third-order valence-corrected chi connectivity index (χ3v) is 2.87. The van der Waals surface area contributed by atoms with E-state index in [-0.39, 0.29) is 17.4 Å². The number of carbonyl (C=O) groups excluding carboxylic acids is 1. The van der Waals surface area contributed by atoms with E-state index in [1.54, 1.807) is 0 Å². The number of halogens is 1. The summed E-state index contributed by atoms with van der Waals surface area (Å²) in [5.41, 5.74) is 5.26. The van der Waals surface area contributed by atoms with Gasteiger partial charge in [-0.15, -0.1) is 0 Å². The van der Waals surface area contributed by atoms with Crippen LogP contribution in [0.5, 0.6) is 0 Å². The van der Waals surface area contributed by atoms with Gasteiger partial charge in [-0.1, -0.05) is 6.92 Å². The summed E-state index contributed by atoms with van der Waals surface area (Å²) in [6.07, 6.45) is 3.23. The number of hydrogen-bond donors (Lipinski definition) is 2. The number of nitrogens with two attached hydrogens (primary N) is 1. The van der Waals surface area contributed by atoms with Crippen molar-refractivity contribution in [2.75, 3.05) is 5.73 Å². The molecule has 4 nitrogen and oxygen atoms in total. The highest BCUT2D eigenvalue weighted by Gasteiger charge is 2.27. The molecular formula is C11H14FN3O. The molecule has 5 heteroatoms. The Balaban J connectivity index is 2.06. The molecule has 0 bridgehead atoms. The van der Waals surface area contributed by atoms with Gasteiger partial charge in [0.1, 0.15) is 0 Å². The van der Waals surface area contributed by atoms with Crippen molar-refractivity contribution in [2.45, 2.75) is 25.8 Å². The van der Waals surface area contributed by atoms with Gasteiger partial charge < -0.3 is 11.1 Å². The van der Waals surface area contributed by atoms with Gasteiger partial charge in [0.05, 0.1) is 5.56 Å². The molecule has 86 valence electrons. The Hall–Kier alpha value is -1.65. The van der Waals surface area contributed by atoms with Gasteiger partial charge in [0, 0.05) is 12.2 Å². The van der Waals surface area contributed by atoms with Crippen LogP contribution in [0.4, 0.5) is 10.2 Å². The van der Waals surface area contributed by atoms with Crippen LogP contribution in [0.1, 0.15) is 30.1 Å². The Morgan fingerprint density at radius 1 is 1.62 bits per heavy atom. The summed E-state index contributed by atoms with van der Waals surface area (Å²) in [4.78, 5) is 15.3. The lowest BCUT2D eigenvalue weighted by molar-refractivity contribution is 0.0892. The van der Waals surface area contributed by atoms with Crippen LogP contribution in [0.15, 0.2) is 12.3 Å². The molecule has 2 rings (SSSR count). The molecule has 1 aromatic heterocycles. The van der Waals surface area contributed by atoms with Crippen LogP contribution in [-0.4, -0.2) is 16.9 Å². The highest BCUT2D eigenvalue weighted by molar-refractivity contribution is 5.95. The Labute approximate surface area is 93.1 Å². The molecular weight excluding hydrogens is 209 g/mol. The number of anilines is 1. The Morgan fingerprint density at radius 2 is 2.31 bits per heavy atom. The number of carbonyl (C=O) groups is 1. The molecule has 0 unspecified atom stereocenters. The van der Waals surface area contributed by atoms with Crippen LogP contribution >= 0.6 is 0 Å². The van der Waals surface area contributed by atoms with E-state index < -0.39 is 11.7 Å². The molecule has 0 aliphatic heterocycles. The van der Waals surface area contributed by atoms with Crippen molar-refractivity contribution in [3.63, 3.8) is 0 Å². The predicted octanol–water partition coefficient (Wildman–Crippen LogP) is 1.33. The lowest BCUT2D eigenvalue weighted by Gasteiger charge is -2.33. The zero-order valence-electron chi connectivity index (χ0n) is 9.03. The highest BCUT2D eigenvalue weighted by Crippen LogP contribution is 2.26. The lowest BCUT2D eigenvalue weighted by atomic mass is 9.82. The van der Waals surface area contributed by atoms with E-state index in [0.717, 1.165) is 12.8 Å². The molecule has 1 amide bonds. The van der Waals surface area contributed by atoms with E-state index in [4.69, 9.17) is 5.73 Å². The first-order valence-corrected chi connectivity index (χ1v) is 5.28. The first-order valence-electron chi connectivity index (χ1n) is 5.28. The van der Waals surface area contributed by atoms with Gasteiger partial charge in [-0.2, -0.15) is 0 Å². The average Bonchev–Trinajstić information content (AvgIpc) is 2.19. The summed E-state index contributed by atoms with van der Waals surface area (Å²) in [5.74, 6) is -0.761. The summed E-state index contributed by atoms with van der Waals surface area (Å²) in [6, 6.07) is 1.50. The molecule has 3 N–H and O–H groups in total. The van der Waals surface area contributed by atoms with Gasteiger partial charge in [-0.3, -0.25) is 4.79 Å². The number of hydrogen-bond acceptors (Lipinski definition) is 3. The standard InChI is InChI=1S/C11H14FN3O/c1-6-4-7(5-6)15-11(16)8-2-3-14-10(13)9(8)12/h2-3,6-7H,4-5H2,1H3,(H2,13,14)(H,15,16). The predicted molar refractivity (Wildman–Crippen MR) is 58.3 cm³/mol. The first kappa shape index (κ1) is 10.9. The van der Waals surface area contributed by atoms with Crippen LogP contribution in [0.2, 0.25) is 0 Å². The lowest BCUT2D eigenvalue weighted by Crippen LogP contribution is -2.43. The van der Waals surface area contributed by atoms with E-state index in [1.165, 1.54) is 12.3 Å². The number of nitrogen functional groups attached to an aromatic ring is 1. The van der Waals surface area contributed by atoms with Gasteiger partial charge in [-0.05, 0) is 24.8 Å². The molecule has 1 heterocycles. The molecule has 16 heavy (non-hydrogen) atoms. The molecule has 0 atom stereocenters. The van der Waals surface area contributed by atoms with Crippen molar-refractivity contribution in [3.05, 3.63) is 23.6 Å². The van der Waals surface area contributed by atoms with E-state index in [9.17, 15) is 9.18 Å². The summed E-state index contributed by atoms with van der Waals surface area (Å²) in [5, 5.41) is 2.77. The minimum Gasteiger partial charge on any atom is -0.381 e. The van der Waals surface area contributed by atoms with Crippen LogP contribution < -0.4 is 11.1 Å². The van der Waals surface area contributed by atoms with E-state index in [1.807, 2.05) is 0 Å². The van der Waals surface area contributed by atoms with Crippen molar-refractivity contribution in [1.29, 1.82) is 0 Å². The molecule has 0 spiro atoms. The zero-order chi connectivity index (χ0) is 11.7. The largest absolute Gasteiger partial charge is 0.381 e. The number of aromatic nitrogens is 1. The van der Waals surface area contributed by atoms with Crippen molar-refractivity contribution in [2.24, 2.45) is 5.92 Å². The molecule has 0 saturated heterocycles. The van der Waals surface area contributed by atoms with Crippen molar-refractivity contribution < 1.29 is 9.18 Å². The Morgan fingerprint density at radius 3 is 2.94 bits per heavy atom. The minimum atomic E-state index is -0.743. The van der Waals surface area contributed by atoms with E-state index in [0.29, 0.717) is 5.92 Å². The van der Waals surface area contributed by atoms with E-state index in [2.05, 4.69) is 17.2 Å². The fourth-order valence-corrected chi connectivity index (χ4v) is 1.92. The third-order valence-electron chi connectivity index (χ3n) is 2.87. The van der Waals surface area contributed by atoms with Crippen LogP contribution in [0.3, 0.4) is 0 Å². The first-order chi connectivity index (χ1) is 7.58.